The Hall–Kier alpha value is -0.971. The van der Waals surface area contributed by atoms with Crippen molar-refractivity contribution < 1.29 is 9.53 Å². The third-order valence-electron chi connectivity index (χ3n) is 7.50. The Labute approximate surface area is 214 Å². The summed E-state index contributed by atoms with van der Waals surface area (Å²) >= 11 is -2.81. The summed E-state index contributed by atoms with van der Waals surface area (Å²) in [6, 6.07) is 10.8. The average Bonchev–Trinajstić information content (AvgIpc) is 3.21. The summed E-state index contributed by atoms with van der Waals surface area (Å²) in [4.78, 5) is 15.5. The van der Waals surface area contributed by atoms with E-state index in [9.17, 15) is 4.79 Å². The van der Waals surface area contributed by atoms with E-state index in [2.05, 4.69) is 69.0 Å². The van der Waals surface area contributed by atoms with Gasteiger partial charge in [0.25, 0.3) is 0 Å². The van der Waals surface area contributed by atoms with Crippen LogP contribution in [0.1, 0.15) is 104 Å². The fourth-order valence-electron chi connectivity index (χ4n) is 5.48. The van der Waals surface area contributed by atoms with Crippen molar-refractivity contribution in [1.82, 2.24) is 4.90 Å². The Morgan fingerprint density at radius 2 is 1.47 bits per heavy atom. The molecule has 0 N–H and O–H groups in total. The second-order valence-electron chi connectivity index (χ2n) is 10.3. The number of carbonyl (C=O) groups excluding carboxylic acids is 1. The molecule has 192 valence electrons. The van der Waals surface area contributed by atoms with Gasteiger partial charge in [-0.25, -0.2) is 0 Å². The van der Waals surface area contributed by atoms with E-state index in [1.54, 1.807) is 0 Å². The van der Waals surface area contributed by atoms with Crippen molar-refractivity contribution in [3.63, 3.8) is 0 Å². The van der Waals surface area contributed by atoms with Crippen molar-refractivity contribution in [3.05, 3.63) is 45.7 Å². The first-order valence-corrected chi connectivity index (χ1v) is 21.8. The molecule has 34 heavy (non-hydrogen) atoms. The van der Waals surface area contributed by atoms with Crippen LogP contribution in [-0.4, -0.2) is 42.0 Å². The predicted molar refractivity (Wildman–Crippen MR) is 149 cm³/mol. The quantitative estimate of drug-likeness (QED) is 0.129. The molecule has 0 saturated carbocycles. The van der Waals surface area contributed by atoms with Crippen molar-refractivity contribution in [2.24, 2.45) is 0 Å². The van der Waals surface area contributed by atoms with Crippen LogP contribution in [-0.2, 0) is 11.2 Å². The van der Waals surface area contributed by atoms with Crippen molar-refractivity contribution in [1.29, 1.82) is 0 Å². The average molecular weight is 576 g/mol. The molecule has 0 aromatic heterocycles. The van der Waals surface area contributed by atoms with Gasteiger partial charge in [-0.05, 0) is 0 Å². The van der Waals surface area contributed by atoms with E-state index in [4.69, 9.17) is 4.74 Å². The molecule has 1 aromatic rings. The zero-order valence-electron chi connectivity index (χ0n) is 22.6. The molecule has 1 amide bonds. The van der Waals surface area contributed by atoms with Gasteiger partial charge in [-0.1, -0.05) is 0 Å². The minimum atomic E-state index is -2.81. The van der Waals surface area contributed by atoms with Crippen LogP contribution in [0.2, 0.25) is 13.3 Å². The van der Waals surface area contributed by atoms with Crippen LogP contribution in [0.5, 0.6) is 0 Å². The zero-order chi connectivity index (χ0) is 24.7. The van der Waals surface area contributed by atoms with E-state index in [1.807, 2.05) is 0 Å². The molecule has 1 aliphatic rings. The van der Waals surface area contributed by atoms with E-state index in [-0.39, 0.29) is 12.1 Å². The van der Waals surface area contributed by atoms with Gasteiger partial charge in [0, 0.05) is 0 Å². The molecule has 0 radical (unpaired) electrons. The summed E-state index contributed by atoms with van der Waals surface area (Å²) in [5, 5.41) is 0. The zero-order valence-corrected chi connectivity index (χ0v) is 25.5. The molecule has 1 saturated heterocycles. The molecule has 1 atom stereocenters. The molecule has 3 nitrogen and oxygen atoms in total. The molecule has 1 fully saturated rings. The van der Waals surface area contributed by atoms with Gasteiger partial charge in [0.1, 0.15) is 0 Å². The molecule has 0 aliphatic carbocycles. The second-order valence-corrected chi connectivity index (χ2v) is 23.4. The third-order valence-corrected chi connectivity index (χ3v) is 23.1. The summed E-state index contributed by atoms with van der Waals surface area (Å²) in [6.45, 7) is 9.78. The summed E-state index contributed by atoms with van der Waals surface area (Å²) in [6.07, 6.45) is 17.2. The molecule has 1 aliphatic heterocycles. The van der Waals surface area contributed by atoms with Crippen LogP contribution in [0.15, 0.2) is 40.1 Å². The van der Waals surface area contributed by atoms with Crippen molar-refractivity contribution in [3.8, 4) is 0 Å². The van der Waals surface area contributed by atoms with Crippen LogP contribution < -0.4 is 0 Å². The van der Waals surface area contributed by atoms with E-state index in [1.165, 1.54) is 86.8 Å². The number of nitrogens with zero attached hydrogens (tertiary/aromatic N) is 1. The normalized spacial score (nSPS) is 16.8. The molecule has 0 unspecified atom stereocenters. The maximum absolute atomic E-state index is 13.3. The maximum atomic E-state index is 13.3. The predicted octanol–water partition coefficient (Wildman–Crippen LogP) is 9.29. The van der Waals surface area contributed by atoms with Crippen LogP contribution in [0.25, 0.3) is 0 Å². The van der Waals surface area contributed by atoms with E-state index in [0.717, 1.165) is 12.8 Å². The second kappa shape index (κ2) is 16.7. The number of rotatable bonds is 18. The SMILES string of the molecule is CCCCCC/C=[C](/N1C(=O)OC[C@@H]1Cc1ccccc1)[Sn]([CH2]CCC)([CH2]CCC)[CH2]CCC. The third kappa shape index (κ3) is 8.91. The van der Waals surface area contributed by atoms with Crippen LogP contribution >= 0.6 is 0 Å². The topological polar surface area (TPSA) is 29.5 Å². The number of carbonyl (C=O) groups is 1. The van der Waals surface area contributed by atoms with Gasteiger partial charge in [0.2, 0.25) is 0 Å². The number of hydrogen-bond donors (Lipinski definition) is 0. The number of allylic oxidation sites excluding steroid dienone is 1. The molecular weight excluding hydrogens is 525 g/mol. The van der Waals surface area contributed by atoms with Crippen LogP contribution in [0.4, 0.5) is 4.79 Å². The monoisotopic (exact) mass is 577 g/mol. The van der Waals surface area contributed by atoms with E-state index < -0.39 is 18.4 Å². The summed E-state index contributed by atoms with van der Waals surface area (Å²) in [7, 11) is 0. The first kappa shape index (κ1) is 29.3. The van der Waals surface area contributed by atoms with Crippen LogP contribution in [0.3, 0.4) is 0 Å². The summed E-state index contributed by atoms with van der Waals surface area (Å²) < 4.78 is 11.4. The van der Waals surface area contributed by atoms with E-state index in [0.29, 0.717) is 6.61 Å². The fraction of sp³-hybridized carbons (Fsp3) is 0.700. The van der Waals surface area contributed by atoms with E-state index >= 15 is 0 Å². The number of ether oxygens (including phenoxy) is 1. The van der Waals surface area contributed by atoms with Crippen LogP contribution in [0, 0.1) is 0 Å². The molecule has 1 aromatic carbocycles. The van der Waals surface area contributed by atoms with Crippen molar-refractivity contribution in [2.45, 2.75) is 124 Å². The first-order valence-electron chi connectivity index (χ1n) is 14.3. The number of cyclic esters (lactones) is 1. The Kier molecular flexibility index (Phi) is 14.3. The van der Waals surface area contributed by atoms with Gasteiger partial charge in [-0.2, -0.15) is 0 Å². The molecule has 1 heterocycles. The van der Waals surface area contributed by atoms with Gasteiger partial charge >= 0.3 is 215 Å². The van der Waals surface area contributed by atoms with Gasteiger partial charge in [-0.3, -0.25) is 0 Å². The minimum absolute atomic E-state index is 0.0775. The number of amides is 1. The molecule has 4 heteroatoms. The van der Waals surface area contributed by atoms with Gasteiger partial charge < -0.3 is 0 Å². The van der Waals surface area contributed by atoms with Crippen molar-refractivity contribution >= 4 is 24.5 Å². The molecule has 2 rings (SSSR count). The number of benzene rings is 1. The number of hydrogen-bond acceptors (Lipinski definition) is 2. The summed E-state index contributed by atoms with van der Waals surface area (Å²) in [5.41, 5.74) is 1.30. The molecular formula is C30H51NO2Sn. The first-order chi connectivity index (χ1) is 16.6. The van der Waals surface area contributed by atoms with Gasteiger partial charge in [-0.15, -0.1) is 0 Å². The Morgan fingerprint density at radius 3 is 2.03 bits per heavy atom. The Bertz CT molecular complexity index is 696. The molecule has 0 bridgehead atoms. The van der Waals surface area contributed by atoms with Crippen molar-refractivity contribution in [2.75, 3.05) is 6.61 Å². The summed E-state index contributed by atoms with van der Waals surface area (Å²) in [5.74, 6) is 0. The number of unbranched alkanes of at least 4 members (excludes halogenated alkanes) is 7. The van der Waals surface area contributed by atoms with Gasteiger partial charge in [0.15, 0.2) is 0 Å². The Balaban J connectivity index is 2.45. The fourth-order valence-corrected chi connectivity index (χ4v) is 22.5. The standard InChI is InChI=1S/C18H24NO2.3C4H9.Sn/c1-2-3-4-5-6-10-13-19-17(15-21-18(19)20)14-16-11-8-7-9-12-16;3*1-3-4-2;/h7-12,17H,2-6,14-15H2,1H3;3*1,3-4H2,2H3;/t17-;;;;/m0..../s1. The van der Waals surface area contributed by atoms with Gasteiger partial charge in [0.05, 0.1) is 0 Å². The Morgan fingerprint density at radius 1 is 0.882 bits per heavy atom. The molecule has 0 spiro atoms.